The van der Waals surface area contributed by atoms with Gasteiger partial charge in [0.25, 0.3) is 0 Å². The number of hydrogen-bond acceptors (Lipinski definition) is 2. The van der Waals surface area contributed by atoms with Gasteiger partial charge in [-0.3, -0.25) is 0 Å². The SMILES string of the molecule is C=C1C(=O)OC(C)=CC1c1ccccc1. The van der Waals surface area contributed by atoms with Crippen LogP contribution in [0.1, 0.15) is 18.4 Å². The molecule has 0 saturated carbocycles. The number of allylic oxidation sites excluding steroid dienone is 2. The van der Waals surface area contributed by atoms with Crippen molar-refractivity contribution in [2.75, 3.05) is 0 Å². The second-order valence-corrected chi connectivity index (χ2v) is 3.58. The van der Waals surface area contributed by atoms with E-state index in [9.17, 15) is 4.79 Å². The van der Waals surface area contributed by atoms with Crippen LogP contribution in [0.2, 0.25) is 0 Å². The van der Waals surface area contributed by atoms with Gasteiger partial charge in [0, 0.05) is 11.5 Å². The van der Waals surface area contributed by atoms with E-state index in [4.69, 9.17) is 4.74 Å². The molecule has 2 heteroatoms. The Morgan fingerprint density at radius 3 is 2.60 bits per heavy atom. The predicted molar refractivity (Wildman–Crippen MR) is 58.2 cm³/mol. The molecule has 0 aliphatic carbocycles. The highest BCUT2D eigenvalue weighted by Gasteiger charge is 2.25. The lowest BCUT2D eigenvalue weighted by atomic mass is 9.90. The Hall–Kier alpha value is -1.83. The van der Waals surface area contributed by atoms with E-state index in [1.165, 1.54) is 0 Å². The Kier molecular flexibility index (Phi) is 2.42. The molecule has 2 rings (SSSR count). The van der Waals surface area contributed by atoms with E-state index in [0.29, 0.717) is 11.3 Å². The van der Waals surface area contributed by atoms with Crippen LogP contribution in [0.3, 0.4) is 0 Å². The summed E-state index contributed by atoms with van der Waals surface area (Å²) >= 11 is 0. The number of cyclic esters (lactones) is 1. The van der Waals surface area contributed by atoms with Crippen LogP contribution in [-0.4, -0.2) is 5.97 Å². The van der Waals surface area contributed by atoms with Crippen LogP contribution < -0.4 is 0 Å². The van der Waals surface area contributed by atoms with Crippen LogP contribution in [0.15, 0.2) is 54.3 Å². The van der Waals surface area contributed by atoms with Gasteiger partial charge in [-0.25, -0.2) is 4.79 Å². The smallest absolute Gasteiger partial charge is 0.339 e. The Bertz CT molecular complexity index is 429. The minimum absolute atomic E-state index is 0.0487. The molecule has 76 valence electrons. The molecule has 0 N–H and O–H groups in total. The third-order valence-electron chi connectivity index (χ3n) is 2.45. The first-order valence-corrected chi connectivity index (χ1v) is 4.83. The normalized spacial score (nSPS) is 20.9. The van der Waals surface area contributed by atoms with Gasteiger partial charge in [-0.1, -0.05) is 36.9 Å². The quantitative estimate of drug-likeness (QED) is 0.514. The molecule has 1 aliphatic rings. The summed E-state index contributed by atoms with van der Waals surface area (Å²) in [6.07, 6.45) is 1.92. The molecule has 0 fully saturated rings. The molecule has 15 heavy (non-hydrogen) atoms. The van der Waals surface area contributed by atoms with E-state index < -0.39 is 0 Å². The minimum atomic E-state index is -0.330. The van der Waals surface area contributed by atoms with E-state index in [0.717, 1.165) is 5.56 Å². The van der Waals surface area contributed by atoms with E-state index in [-0.39, 0.29) is 11.9 Å². The largest absolute Gasteiger partial charge is 0.428 e. The summed E-state index contributed by atoms with van der Waals surface area (Å²) in [6, 6.07) is 9.82. The van der Waals surface area contributed by atoms with Gasteiger partial charge in [0.2, 0.25) is 0 Å². The Morgan fingerprint density at radius 1 is 1.27 bits per heavy atom. The number of hydrogen-bond donors (Lipinski definition) is 0. The van der Waals surface area contributed by atoms with Crippen molar-refractivity contribution in [2.45, 2.75) is 12.8 Å². The van der Waals surface area contributed by atoms with Crippen LogP contribution in [0.25, 0.3) is 0 Å². The van der Waals surface area contributed by atoms with Crippen molar-refractivity contribution in [2.24, 2.45) is 0 Å². The van der Waals surface area contributed by atoms with Crippen molar-refractivity contribution >= 4 is 5.97 Å². The molecule has 1 aliphatic heterocycles. The van der Waals surface area contributed by atoms with Gasteiger partial charge in [0.1, 0.15) is 5.76 Å². The van der Waals surface area contributed by atoms with Crippen LogP contribution in [0, 0.1) is 0 Å². The molecule has 1 aromatic carbocycles. The Labute approximate surface area is 88.9 Å². The first-order valence-electron chi connectivity index (χ1n) is 4.83. The van der Waals surface area contributed by atoms with Crippen LogP contribution in [-0.2, 0) is 9.53 Å². The number of carbonyl (C=O) groups is 1. The summed E-state index contributed by atoms with van der Waals surface area (Å²) in [6.45, 7) is 5.55. The molecule has 1 unspecified atom stereocenters. The second-order valence-electron chi connectivity index (χ2n) is 3.58. The van der Waals surface area contributed by atoms with Gasteiger partial charge < -0.3 is 4.74 Å². The third kappa shape index (κ3) is 1.84. The summed E-state index contributed by atoms with van der Waals surface area (Å²) in [5, 5.41) is 0. The zero-order valence-corrected chi connectivity index (χ0v) is 8.57. The first kappa shape index (κ1) is 9.71. The summed E-state index contributed by atoms with van der Waals surface area (Å²) in [5.74, 6) is 0.262. The van der Waals surface area contributed by atoms with E-state index in [1.807, 2.05) is 36.4 Å². The molecule has 1 heterocycles. The second kappa shape index (κ2) is 3.73. The van der Waals surface area contributed by atoms with Gasteiger partial charge in [0.05, 0.1) is 0 Å². The maximum Gasteiger partial charge on any atom is 0.339 e. The fourth-order valence-corrected chi connectivity index (χ4v) is 1.67. The lowest BCUT2D eigenvalue weighted by Gasteiger charge is -2.21. The molecule has 0 radical (unpaired) electrons. The third-order valence-corrected chi connectivity index (χ3v) is 2.45. The fraction of sp³-hybridized carbons (Fsp3) is 0.154. The summed E-state index contributed by atoms with van der Waals surface area (Å²) < 4.78 is 4.97. The zero-order chi connectivity index (χ0) is 10.8. The van der Waals surface area contributed by atoms with Gasteiger partial charge in [0.15, 0.2) is 0 Å². The van der Waals surface area contributed by atoms with Crippen molar-refractivity contribution in [3.63, 3.8) is 0 Å². The maximum atomic E-state index is 11.4. The number of ether oxygens (including phenoxy) is 1. The van der Waals surface area contributed by atoms with Gasteiger partial charge in [-0.05, 0) is 18.6 Å². The van der Waals surface area contributed by atoms with Gasteiger partial charge >= 0.3 is 5.97 Å². The highest BCUT2D eigenvalue weighted by atomic mass is 16.5. The fourth-order valence-electron chi connectivity index (χ4n) is 1.67. The molecule has 0 aromatic heterocycles. The molecule has 2 nitrogen and oxygen atoms in total. The van der Waals surface area contributed by atoms with E-state index in [1.54, 1.807) is 6.92 Å². The van der Waals surface area contributed by atoms with Crippen molar-refractivity contribution in [3.8, 4) is 0 Å². The van der Waals surface area contributed by atoms with E-state index in [2.05, 4.69) is 6.58 Å². The maximum absolute atomic E-state index is 11.4. The monoisotopic (exact) mass is 200 g/mol. The summed E-state index contributed by atoms with van der Waals surface area (Å²) in [7, 11) is 0. The average molecular weight is 200 g/mol. The number of benzene rings is 1. The van der Waals surface area contributed by atoms with Crippen LogP contribution in [0.4, 0.5) is 0 Å². The van der Waals surface area contributed by atoms with E-state index >= 15 is 0 Å². The highest BCUT2D eigenvalue weighted by Crippen LogP contribution is 2.30. The topological polar surface area (TPSA) is 26.3 Å². The molecular formula is C13H12O2. The van der Waals surface area contributed by atoms with Crippen molar-refractivity contribution < 1.29 is 9.53 Å². The van der Waals surface area contributed by atoms with Crippen LogP contribution in [0.5, 0.6) is 0 Å². The molecule has 0 amide bonds. The first-order chi connectivity index (χ1) is 7.18. The number of rotatable bonds is 1. The average Bonchev–Trinajstić information content (AvgIpc) is 2.24. The molecule has 0 spiro atoms. The minimum Gasteiger partial charge on any atom is -0.428 e. The van der Waals surface area contributed by atoms with Crippen molar-refractivity contribution in [1.29, 1.82) is 0 Å². The lowest BCUT2D eigenvalue weighted by Crippen LogP contribution is -2.17. The van der Waals surface area contributed by atoms with Gasteiger partial charge in [-0.15, -0.1) is 0 Å². The summed E-state index contributed by atoms with van der Waals surface area (Å²) in [4.78, 5) is 11.4. The molecule has 0 bridgehead atoms. The van der Waals surface area contributed by atoms with Crippen molar-refractivity contribution in [3.05, 3.63) is 59.9 Å². The Morgan fingerprint density at radius 2 is 1.93 bits per heavy atom. The highest BCUT2D eigenvalue weighted by molar-refractivity contribution is 5.92. The zero-order valence-electron chi connectivity index (χ0n) is 8.57. The molecular weight excluding hydrogens is 188 g/mol. The van der Waals surface area contributed by atoms with Gasteiger partial charge in [-0.2, -0.15) is 0 Å². The lowest BCUT2D eigenvalue weighted by molar-refractivity contribution is -0.135. The number of carbonyl (C=O) groups excluding carboxylic acids is 1. The molecule has 1 aromatic rings. The van der Waals surface area contributed by atoms with Crippen molar-refractivity contribution in [1.82, 2.24) is 0 Å². The standard InChI is InChI=1S/C13H12O2/c1-9-8-12(10(2)13(14)15-9)11-6-4-3-5-7-11/h3-8,12H,2H2,1H3. The number of esters is 1. The van der Waals surface area contributed by atoms with Crippen LogP contribution >= 0.6 is 0 Å². The summed E-state index contributed by atoms with van der Waals surface area (Å²) in [5.41, 5.74) is 1.56. The molecule has 1 atom stereocenters. The Balaban J connectivity index is 2.41. The predicted octanol–water partition coefficient (Wildman–Crippen LogP) is 2.79. The molecule has 0 saturated heterocycles.